The van der Waals surface area contributed by atoms with Crippen LogP contribution >= 0.6 is 0 Å². The Morgan fingerprint density at radius 1 is 0.900 bits per heavy atom. The summed E-state index contributed by atoms with van der Waals surface area (Å²) >= 11 is 0. The van der Waals surface area contributed by atoms with E-state index in [1.165, 1.54) is 25.2 Å². The molecule has 2 aliphatic rings. The van der Waals surface area contributed by atoms with E-state index >= 15 is 0 Å². The van der Waals surface area contributed by atoms with Gasteiger partial charge in [-0.3, -0.25) is 4.79 Å². The molecule has 1 amide bonds. The van der Waals surface area contributed by atoms with E-state index in [-0.39, 0.29) is 17.2 Å². The third kappa shape index (κ3) is 4.62. The van der Waals surface area contributed by atoms with Crippen molar-refractivity contribution in [3.05, 3.63) is 65.5 Å². The SMILES string of the molecule is COC(=O)C1=C(C(=O)OC)N(c2cccc(C(=O)N3CCCCCC3)c2)C=CC=C1. The summed E-state index contributed by atoms with van der Waals surface area (Å²) < 4.78 is 9.76. The van der Waals surface area contributed by atoms with Gasteiger partial charge in [0.05, 0.1) is 19.8 Å². The minimum absolute atomic E-state index is 0.0220. The van der Waals surface area contributed by atoms with E-state index < -0.39 is 11.9 Å². The summed E-state index contributed by atoms with van der Waals surface area (Å²) in [6.07, 6.45) is 10.8. The van der Waals surface area contributed by atoms with Gasteiger partial charge in [-0.1, -0.05) is 25.0 Å². The molecule has 1 aromatic carbocycles. The average Bonchev–Trinajstić information content (AvgIpc) is 3.19. The first-order valence-electron chi connectivity index (χ1n) is 10.0. The molecule has 7 nitrogen and oxygen atoms in total. The smallest absolute Gasteiger partial charge is 0.355 e. The Bertz CT molecular complexity index is 908. The molecule has 0 bridgehead atoms. The second-order valence-corrected chi connectivity index (χ2v) is 7.07. The maximum absolute atomic E-state index is 13.0. The number of hydrogen-bond donors (Lipinski definition) is 0. The quantitative estimate of drug-likeness (QED) is 0.710. The highest BCUT2D eigenvalue weighted by Crippen LogP contribution is 2.27. The van der Waals surface area contributed by atoms with Gasteiger partial charge in [-0.15, -0.1) is 0 Å². The number of hydrogen-bond acceptors (Lipinski definition) is 6. The second kappa shape index (κ2) is 9.91. The van der Waals surface area contributed by atoms with Crippen molar-refractivity contribution in [3.63, 3.8) is 0 Å². The molecule has 0 N–H and O–H groups in total. The maximum atomic E-state index is 13.0. The van der Waals surface area contributed by atoms with Crippen molar-refractivity contribution in [2.75, 3.05) is 32.2 Å². The van der Waals surface area contributed by atoms with Crippen LogP contribution in [0.15, 0.2) is 60.0 Å². The predicted octanol–water partition coefficient (Wildman–Crippen LogP) is 3.19. The lowest BCUT2D eigenvalue weighted by molar-refractivity contribution is -0.139. The lowest BCUT2D eigenvalue weighted by Gasteiger charge is -2.24. The van der Waals surface area contributed by atoms with Gasteiger partial charge >= 0.3 is 11.9 Å². The van der Waals surface area contributed by atoms with Crippen LogP contribution in [-0.2, 0) is 19.1 Å². The predicted molar refractivity (Wildman–Crippen MR) is 113 cm³/mol. The van der Waals surface area contributed by atoms with Gasteiger partial charge in [0, 0.05) is 30.5 Å². The summed E-state index contributed by atoms with van der Waals surface area (Å²) in [6, 6.07) is 7.02. The van der Waals surface area contributed by atoms with Crippen LogP contribution in [0, 0.1) is 0 Å². The molecule has 0 unspecified atom stereocenters. The van der Waals surface area contributed by atoms with Crippen molar-refractivity contribution in [3.8, 4) is 0 Å². The van der Waals surface area contributed by atoms with Gasteiger partial charge in [0.25, 0.3) is 5.91 Å². The molecule has 7 heteroatoms. The summed E-state index contributed by atoms with van der Waals surface area (Å²) in [7, 11) is 2.50. The summed E-state index contributed by atoms with van der Waals surface area (Å²) in [6.45, 7) is 1.49. The number of anilines is 1. The average molecular weight is 410 g/mol. The van der Waals surface area contributed by atoms with Crippen molar-refractivity contribution >= 4 is 23.5 Å². The molecule has 0 atom stereocenters. The van der Waals surface area contributed by atoms with E-state index in [2.05, 4.69) is 0 Å². The van der Waals surface area contributed by atoms with E-state index in [1.54, 1.807) is 42.6 Å². The van der Waals surface area contributed by atoms with Gasteiger partial charge in [0.15, 0.2) is 0 Å². The molecule has 1 saturated heterocycles. The lowest BCUT2D eigenvalue weighted by Crippen LogP contribution is -2.32. The molecule has 0 saturated carbocycles. The van der Waals surface area contributed by atoms with Crippen LogP contribution in [0.5, 0.6) is 0 Å². The van der Waals surface area contributed by atoms with Gasteiger partial charge in [-0.2, -0.15) is 0 Å². The van der Waals surface area contributed by atoms with Gasteiger partial charge < -0.3 is 19.3 Å². The summed E-state index contributed by atoms with van der Waals surface area (Å²) in [5.41, 5.74) is 1.19. The van der Waals surface area contributed by atoms with E-state index in [1.807, 2.05) is 4.90 Å². The molecule has 3 rings (SSSR count). The van der Waals surface area contributed by atoms with Gasteiger partial charge in [0.2, 0.25) is 0 Å². The van der Waals surface area contributed by atoms with Crippen molar-refractivity contribution in [2.45, 2.75) is 25.7 Å². The van der Waals surface area contributed by atoms with Crippen LogP contribution < -0.4 is 4.90 Å². The number of allylic oxidation sites excluding steroid dienone is 2. The number of ether oxygens (including phenoxy) is 2. The topological polar surface area (TPSA) is 76.2 Å². The fourth-order valence-corrected chi connectivity index (χ4v) is 3.61. The molecule has 2 heterocycles. The van der Waals surface area contributed by atoms with E-state index in [0.717, 1.165) is 38.8 Å². The number of nitrogens with zero attached hydrogens (tertiary/aromatic N) is 2. The Labute approximate surface area is 176 Å². The highest BCUT2D eigenvalue weighted by atomic mass is 16.5. The maximum Gasteiger partial charge on any atom is 0.355 e. The van der Waals surface area contributed by atoms with Gasteiger partial charge in [-0.05, 0) is 43.2 Å². The van der Waals surface area contributed by atoms with Crippen LogP contribution in [0.25, 0.3) is 0 Å². The Morgan fingerprint density at radius 3 is 2.27 bits per heavy atom. The molecule has 2 aliphatic heterocycles. The standard InChI is InChI=1S/C23H26N2O5/c1-29-22(27)19-12-5-8-15-25(20(19)23(28)30-2)18-11-9-10-17(16-18)21(26)24-13-6-3-4-7-14-24/h5,8-12,15-16H,3-4,6-7,13-14H2,1-2H3. The number of rotatable bonds is 4. The third-order valence-corrected chi connectivity index (χ3v) is 5.15. The Morgan fingerprint density at radius 2 is 1.60 bits per heavy atom. The number of amides is 1. The van der Waals surface area contributed by atoms with Crippen molar-refractivity contribution in [2.24, 2.45) is 0 Å². The fraction of sp³-hybridized carbons (Fsp3) is 0.348. The zero-order valence-electron chi connectivity index (χ0n) is 17.3. The Kier molecular flexibility index (Phi) is 7.06. The van der Waals surface area contributed by atoms with Crippen LogP contribution in [0.4, 0.5) is 5.69 Å². The second-order valence-electron chi connectivity index (χ2n) is 7.07. The number of carbonyl (C=O) groups is 3. The van der Waals surface area contributed by atoms with Crippen LogP contribution in [0.1, 0.15) is 36.0 Å². The Hall–Kier alpha value is -3.35. The first kappa shape index (κ1) is 21.4. The molecule has 0 aliphatic carbocycles. The van der Waals surface area contributed by atoms with Crippen LogP contribution in [0.2, 0.25) is 0 Å². The zero-order valence-corrected chi connectivity index (χ0v) is 17.3. The molecule has 1 fully saturated rings. The number of carbonyl (C=O) groups excluding carboxylic acids is 3. The number of methoxy groups -OCH3 is 2. The first-order chi connectivity index (χ1) is 14.6. The van der Waals surface area contributed by atoms with Crippen molar-refractivity contribution in [1.29, 1.82) is 0 Å². The fourth-order valence-electron chi connectivity index (χ4n) is 3.61. The molecular formula is C23H26N2O5. The minimum atomic E-state index is -0.684. The number of likely N-dealkylation sites (tertiary alicyclic amines) is 1. The largest absolute Gasteiger partial charge is 0.465 e. The molecule has 1 aromatic rings. The monoisotopic (exact) mass is 410 g/mol. The minimum Gasteiger partial charge on any atom is -0.465 e. The van der Waals surface area contributed by atoms with Gasteiger partial charge in [-0.25, -0.2) is 9.59 Å². The number of esters is 2. The third-order valence-electron chi connectivity index (χ3n) is 5.15. The zero-order chi connectivity index (χ0) is 21.5. The highest BCUT2D eigenvalue weighted by Gasteiger charge is 2.28. The highest BCUT2D eigenvalue weighted by molar-refractivity contribution is 6.05. The lowest BCUT2D eigenvalue weighted by atomic mass is 10.1. The summed E-state index contributed by atoms with van der Waals surface area (Å²) in [5.74, 6) is -1.37. The van der Waals surface area contributed by atoms with E-state index in [4.69, 9.17) is 9.47 Å². The van der Waals surface area contributed by atoms with Crippen molar-refractivity contribution in [1.82, 2.24) is 4.90 Å². The molecule has 158 valence electrons. The number of benzene rings is 1. The van der Waals surface area contributed by atoms with Crippen LogP contribution in [-0.4, -0.2) is 50.1 Å². The first-order valence-corrected chi connectivity index (χ1v) is 10.0. The molecular weight excluding hydrogens is 384 g/mol. The van der Waals surface area contributed by atoms with E-state index in [9.17, 15) is 14.4 Å². The molecule has 0 aromatic heterocycles. The summed E-state index contributed by atoms with van der Waals surface area (Å²) in [5, 5.41) is 0. The van der Waals surface area contributed by atoms with Crippen molar-refractivity contribution < 1.29 is 23.9 Å². The normalized spacial score (nSPS) is 16.7. The molecule has 30 heavy (non-hydrogen) atoms. The molecule has 0 radical (unpaired) electrons. The molecule has 0 spiro atoms. The van der Waals surface area contributed by atoms with Crippen LogP contribution in [0.3, 0.4) is 0 Å². The summed E-state index contributed by atoms with van der Waals surface area (Å²) in [4.78, 5) is 41.3. The van der Waals surface area contributed by atoms with Gasteiger partial charge in [0.1, 0.15) is 5.70 Å². The Balaban J connectivity index is 2.00. The van der Waals surface area contributed by atoms with E-state index in [0.29, 0.717) is 11.3 Å².